The van der Waals surface area contributed by atoms with Crippen LogP contribution in [0.2, 0.25) is 0 Å². The summed E-state index contributed by atoms with van der Waals surface area (Å²) < 4.78 is 12.4. The predicted octanol–water partition coefficient (Wildman–Crippen LogP) is 22.4. The molecule has 15 nitrogen and oxygen atoms in total. The molecule has 0 saturated heterocycles. The zero-order valence-corrected chi connectivity index (χ0v) is 73.7. The van der Waals surface area contributed by atoms with Gasteiger partial charge in [0.1, 0.15) is 17.5 Å². The molecule has 0 spiro atoms. The SMILES string of the molecule is CC(C)c1cccc(C(C)C)c1-c1nc2ccc(-c3cccc(-c4nccn4C)n3)[c-]c2n1-c1[c-]cccc1.Cc1cc(-c2ccccc2)cc(C)c1-c1nc2ccc(-c3cccc(-c4nccn4C)n3)[c-]c2n1-c1[c-]cccc1.Cc1cccc(C)c1-c1nc2ccc(-c3cccc(-c4nccn4C)n3)[c-]c2n1-c1[c-]cccc1.[Pt+2].[Pt+2].[Pt+2]. The minimum atomic E-state index is 0. The van der Waals surface area contributed by atoms with Crippen molar-refractivity contribution in [2.45, 2.75) is 67.2 Å². The fourth-order valence-corrected chi connectivity index (χ4v) is 15.3. The van der Waals surface area contributed by atoms with E-state index in [-0.39, 0.29) is 63.2 Å². The van der Waals surface area contributed by atoms with Crippen LogP contribution in [0.5, 0.6) is 0 Å². The van der Waals surface area contributed by atoms with E-state index in [0.717, 1.165) is 147 Å². The molecular formula is C100H81N15Pt3. The third-order valence-electron chi connectivity index (χ3n) is 20.9. The van der Waals surface area contributed by atoms with Gasteiger partial charge < -0.3 is 27.4 Å². The van der Waals surface area contributed by atoms with Crippen LogP contribution in [0.4, 0.5) is 0 Å². The zero-order valence-electron chi connectivity index (χ0n) is 66.9. The first-order valence-electron chi connectivity index (χ1n) is 38.6. The van der Waals surface area contributed by atoms with Crippen molar-refractivity contribution in [1.29, 1.82) is 0 Å². The van der Waals surface area contributed by atoms with Crippen molar-refractivity contribution < 1.29 is 63.2 Å². The number of imidazole rings is 6. The number of hydrogen-bond donors (Lipinski definition) is 0. The van der Waals surface area contributed by atoms with E-state index < -0.39 is 0 Å². The Bertz CT molecular complexity index is 6700. The second kappa shape index (κ2) is 35.7. The van der Waals surface area contributed by atoms with Crippen LogP contribution in [0, 0.1) is 64.1 Å². The Morgan fingerprint density at radius 1 is 0.288 bits per heavy atom. The molecule has 0 aliphatic rings. The van der Waals surface area contributed by atoms with Crippen LogP contribution in [-0.2, 0) is 84.3 Å². The zero-order chi connectivity index (χ0) is 79.0. The van der Waals surface area contributed by atoms with Gasteiger partial charge in [0.15, 0.2) is 17.5 Å². The van der Waals surface area contributed by atoms with Crippen LogP contribution in [0.3, 0.4) is 0 Å². The third-order valence-corrected chi connectivity index (χ3v) is 20.9. The Labute approximate surface area is 731 Å². The molecule has 0 fully saturated rings. The monoisotopic (exact) mass is 2080 g/mol. The topological polar surface area (TPSA) is 146 Å². The molecule has 0 radical (unpaired) electrons. The van der Waals surface area contributed by atoms with Crippen LogP contribution in [0.15, 0.2) is 280 Å². The number of benzene rings is 10. The molecule has 118 heavy (non-hydrogen) atoms. The van der Waals surface area contributed by atoms with Gasteiger partial charge in [-0.3, -0.25) is 29.9 Å². The smallest absolute Gasteiger partial charge is 0.335 e. The summed E-state index contributed by atoms with van der Waals surface area (Å²) in [6.07, 6.45) is 11.1. The molecule has 0 N–H and O–H groups in total. The summed E-state index contributed by atoms with van der Waals surface area (Å²) in [5, 5.41) is 0. The average molecular weight is 2080 g/mol. The molecule has 19 rings (SSSR count). The maximum absolute atomic E-state index is 5.23. The number of aryl methyl sites for hydroxylation is 7. The van der Waals surface area contributed by atoms with Crippen molar-refractivity contribution in [1.82, 2.24) is 72.3 Å². The number of nitrogens with zero attached hydrogens (tertiary/aromatic N) is 15. The van der Waals surface area contributed by atoms with Gasteiger partial charge in [-0.1, -0.05) is 160 Å². The van der Waals surface area contributed by atoms with Gasteiger partial charge in [0.05, 0.1) is 17.1 Å². The van der Waals surface area contributed by atoms with Crippen molar-refractivity contribution in [2.24, 2.45) is 21.1 Å². The summed E-state index contributed by atoms with van der Waals surface area (Å²) in [5.74, 6) is 5.87. The van der Waals surface area contributed by atoms with Gasteiger partial charge in [0.25, 0.3) is 0 Å². The second-order valence-electron chi connectivity index (χ2n) is 29.4. The molecule has 0 aliphatic carbocycles. The first-order valence-corrected chi connectivity index (χ1v) is 38.6. The van der Waals surface area contributed by atoms with Crippen LogP contribution in [0.1, 0.15) is 72.9 Å². The van der Waals surface area contributed by atoms with Crippen molar-refractivity contribution in [3.8, 4) is 131 Å². The Morgan fingerprint density at radius 3 is 0.941 bits per heavy atom. The normalized spacial score (nSPS) is 11.1. The molecule has 10 aromatic carbocycles. The van der Waals surface area contributed by atoms with E-state index in [1.54, 1.807) is 18.6 Å². The minimum absolute atomic E-state index is 0. The van der Waals surface area contributed by atoms with Gasteiger partial charge in [0.2, 0.25) is 0 Å². The van der Waals surface area contributed by atoms with E-state index >= 15 is 0 Å². The van der Waals surface area contributed by atoms with Crippen LogP contribution in [-0.4, -0.2) is 72.3 Å². The average Bonchev–Trinajstić information content (AvgIpc) is 1.60. The molecule has 0 aliphatic heterocycles. The van der Waals surface area contributed by atoms with Crippen LogP contribution in [0.25, 0.3) is 164 Å². The van der Waals surface area contributed by atoms with Gasteiger partial charge in [0, 0.05) is 91.6 Å². The number of pyridine rings is 3. The number of aromatic nitrogens is 15. The Morgan fingerprint density at radius 2 is 0.610 bits per heavy atom. The summed E-state index contributed by atoms with van der Waals surface area (Å²) in [6.45, 7) is 17.6. The summed E-state index contributed by atoms with van der Waals surface area (Å²) in [7, 11) is 5.92. The Hall–Kier alpha value is -12.2. The minimum Gasteiger partial charge on any atom is -0.335 e. The number of rotatable bonds is 15. The molecule has 0 amide bonds. The van der Waals surface area contributed by atoms with Gasteiger partial charge >= 0.3 is 63.2 Å². The Balaban J connectivity index is 0.000000144. The largest absolute Gasteiger partial charge is 2.00 e. The molecule has 9 aromatic heterocycles. The van der Waals surface area contributed by atoms with Crippen molar-refractivity contribution in [2.75, 3.05) is 0 Å². The summed E-state index contributed by atoms with van der Waals surface area (Å²) in [6, 6.07) is 104. The molecule has 0 atom stereocenters. The van der Waals surface area contributed by atoms with Gasteiger partial charge in [-0.15, -0.1) is 89.5 Å². The van der Waals surface area contributed by atoms with Gasteiger partial charge in [-0.2, -0.15) is 72.8 Å². The Kier molecular flexibility index (Phi) is 24.9. The molecule has 0 bridgehead atoms. The summed E-state index contributed by atoms with van der Waals surface area (Å²) >= 11 is 0. The van der Waals surface area contributed by atoms with E-state index in [1.165, 1.54) is 50.1 Å². The van der Waals surface area contributed by atoms with Gasteiger partial charge in [-0.25, -0.2) is 15.0 Å². The van der Waals surface area contributed by atoms with E-state index in [1.807, 2.05) is 187 Å². The quantitative estimate of drug-likeness (QED) is 0.0916. The summed E-state index contributed by atoms with van der Waals surface area (Å²) in [4.78, 5) is 43.6. The van der Waals surface area contributed by atoms with Crippen LogP contribution >= 0.6 is 0 Å². The van der Waals surface area contributed by atoms with E-state index in [2.05, 4.69) is 230 Å². The number of hydrogen-bond acceptors (Lipinski definition) is 9. The van der Waals surface area contributed by atoms with Gasteiger partial charge in [-0.05, 0) is 136 Å². The maximum atomic E-state index is 5.23. The van der Waals surface area contributed by atoms with Crippen LogP contribution < -0.4 is 0 Å². The first kappa shape index (κ1) is 82.3. The molecular weight excluding hydrogens is 2000 g/mol. The maximum Gasteiger partial charge on any atom is 2.00 e. The fourth-order valence-electron chi connectivity index (χ4n) is 15.3. The van der Waals surface area contributed by atoms with E-state index in [4.69, 9.17) is 29.9 Å². The van der Waals surface area contributed by atoms with Crippen molar-refractivity contribution in [3.05, 3.63) is 350 Å². The number of para-hydroxylation sites is 3. The molecule has 0 saturated carbocycles. The summed E-state index contributed by atoms with van der Waals surface area (Å²) in [5.41, 5.74) is 28.9. The standard InChI is InChI=1S/C36H27N5.C34H31N5.C30H23N5.3Pt/c1-24-21-28(26-11-6-4-7-12-26)22-25(2)34(24)36-39-31-18-17-27(23-33(31)41(36)29-13-8-5-9-14-29)30-15-10-16-32(38-30)35-37-19-20-40(35)3;1-22(2)26-13-9-14-27(23(3)4)32(26)34-37-29-18-17-24(21-31(29)39(34)25-11-7-6-8-12-25)28-15-10-16-30(36-28)33-35-19-20-38(33)5;1-20-9-7-10-21(2)28(20)30-33-25-16-15-22(19-27(25)35(30)23-11-5-4-6-12-23)24-13-8-14-26(32-24)29-31-17-18-34(29)3;;;/h4-13,15-22H,1-3H3;6-11,13-20,22-23H,1-5H3;4-11,13-18H,1-3H3;;;/q3*-2;3*+2. The molecule has 9 heterocycles. The van der Waals surface area contributed by atoms with Crippen molar-refractivity contribution in [3.63, 3.8) is 0 Å². The number of fused-ring (bicyclic) bond motifs is 3. The van der Waals surface area contributed by atoms with E-state index in [0.29, 0.717) is 11.8 Å². The molecule has 0 unspecified atom stereocenters. The predicted molar refractivity (Wildman–Crippen MR) is 461 cm³/mol. The van der Waals surface area contributed by atoms with Crippen molar-refractivity contribution >= 4 is 33.1 Å². The van der Waals surface area contributed by atoms with E-state index in [9.17, 15) is 0 Å². The molecule has 586 valence electrons. The molecule has 19 aromatic rings. The molecule has 18 heteroatoms. The second-order valence-corrected chi connectivity index (χ2v) is 29.4. The fraction of sp³-hybridized carbons (Fsp3) is 0.130. The first-order chi connectivity index (χ1) is 56.1. The third kappa shape index (κ3) is 16.4.